The summed E-state index contributed by atoms with van der Waals surface area (Å²) in [6, 6.07) is 7.29. The fourth-order valence-corrected chi connectivity index (χ4v) is 5.76. The number of nitrogens with zero attached hydrogens (tertiary/aromatic N) is 2. The van der Waals surface area contributed by atoms with Crippen LogP contribution < -0.4 is 10.0 Å². The van der Waals surface area contributed by atoms with Crippen molar-refractivity contribution >= 4 is 23.0 Å². The van der Waals surface area contributed by atoms with E-state index in [1.165, 1.54) is 16.2 Å². The lowest BCUT2D eigenvalue weighted by Crippen LogP contribution is -3.14. The molecule has 1 aromatic carbocycles. The van der Waals surface area contributed by atoms with Gasteiger partial charge in [-0.3, -0.25) is 9.59 Å². The largest absolute Gasteiger partial charge is 0.868 e. The third-order valence-electron chi connectivity index (χ3n) is 6.86. The molecule has 0 aliphatic carbocycles. The predicted octanol–water partition coefficient (Wildman–Crippen LogP) is 1.74. The van der Waals surface area contributed by atoms with E-state index in [9.17, 15) is 14.7 Å². The number of ketones is 1. The zero-order chi connectivity index (χ0) is 25.3. The number of nitrogens with one attached hydrogen (secondary N) is 1. The van der Waals surface area contributed by atoms with Gasteiger partial charge >= 0.3 is 0 Å². The van der Waals surface area contributed by atoms with Gasteiger partial charge in [-0.2, -0.15) is 0 Å². The van der Waals surface area contributed by atoms with E-state index in [0.717, 1.165) is 55.4 Å². The van der Waals surface area contributed by atoms with Gasteiger partial charge in [-0.25, -0.2) is 4.98 Å². The molecule has 1 unspecified atom stereocenters. The topological polar surface area (TPSA) is 87.0 Å². The Morgan fingerprint density at radius 3 is 2.43 bits per heavy atom. The zero-order valence-corrected chi connectivity index (χ0v) is 22.1. The van der Waals surface area contributed by atoms with Gasteiger partial charge < -0.3 is 19.6 Å². The van der Waals surface area contributed by atoms with Crippen molar-refractivity contribution in [1.29, 1.82) is 0 Å². The molecular formula is C27H35N3O4S. The highest BCUT2D eigenvalue weighted by molar-refractivity contribution is 7.14. The number of hydrogen-bond donors (Lipinski definition) is 1. The number of quaternary nitrogens is 1. The van der Waals surface area contributed by atoms with Crippen LogP contribution in [0.3, 0.4) is 0 Å². The van der Waals surface area contributed by atoms with Gasteiger partial charge in [0.1, 0.15) is 13.1 Å². The Balaban J connectivity index is 1.66. The van der Waals surface area contributed by atoms with Gasteiger partial charge in [0.2, 0.25) is 11.7 Å². The van der Waals surface area contributed by atoms with Crippen molar-refractivity contribution < 1.29 is 24.3 Å². The van der Waals surface area contributed by atoms with Crippen LogP contribution in [0.1, 0.15) is 64.7 Å². The maximum Gasteiger partial charge on any atom is 0.239 e. The summed E-state index contributed by atoms with van der Waals surface area (Å²) in [5, 5.41) is 14.0. The van der Waals surface area contributed by atoms with Gasteiger partial charge in [0.15, 0.2) is 0 Å². The van der Waals surface area contributed by atoms with Crippen molar-refractivity contribution in [2.24, 2.45) is 0 Å². The van der Waals surface area contributed by atoms with Gasteiger partial charge in [-0.15, -0.1) is 11.3 Å². The number of aryl methyl sites for hydroxylation is 2. The third-order valence-corrected chi connectivity index (χ3v) is 7.93. The Kier molecular flexibility index (Phi) is 7.45. The van der Waals surface area contributed by atoms with E-state index in [-0.39, 0.29) is 16.8 Å². The van der Waals surface area contributed by atoms with Crippen molar-refractivity contribution in [2.75, 3.05) is 39.4 Å². The van der Waals surface area contributed by atoms with E-state index in [1.54, 1.807) is 11.8 Å². The molecule has 1 N–H and O–H groups in total. The molecule has 7 nitrogen and oxygen atoms in total. The molecular weight excluding hydrogens is 462 g/mol. The quantitative estimate of drug-likeness (QED) is 0.589. The summed E-state index contributed by atoms with van der Waals surface area (Å²) in [6.07, 6.45) is 0.755. The Labute approximate surface area is 211 Å². The number of aromatic nitrogens is 1. The van der Waals surface area contributed by atoms with Crippen LogP contribution in [0.25, 0.3) is 0 Å². The first-order valence-corrected chi connectivity index (χ1v) is 13.1. The molecule has 35 heavy (non-hydrogen) atoms. The summed E-state index contributed by atoms with van der Waals surface area (Å²) < 4.78 is 5.44. The molecule has 8 heteroatoms. The minimum atomic E-state index is -0.691. The molecule has 1 saturated heterocycles. The van der Waals surface area contributed by atoms with Gasteiger partial charge in [0, 0.05) is 18.5 Å². The van der Waals surface area contributed by atoms with E-state index in [0.29, 0.717) is 17.1 Å². The maximum absolute atomic E-state index is 13.6. The van der Waals surface area contributed by atoms with Gasteiger partial charge in [0.25, 0.3) is 0 Å². The molecule has 188 valence electrons. The van der Waals surface area contributed by atoms with Crippen molar-refractivity contribution in [2.45, 2.75) is 52.5 Å². The first kappa shape index (κ1) is 25.5. The van der Waals surface area contributed by atoms with Crippen LogP contribution in [0.15, 0.2) is 35.6 Å². The number of benzene rings is 1. The molecule has 0 saturated carbocycles. The van der Waals surface area contributed by atoms with Crippen LogP contribution in [-0.4, -0.2) is 61.0 Å². The van der Waals surface area contributed by atoms with Crippen molar-refractivity contribution in [3.8, 4) is 0 Å². The van der Waals surface area contributed by atoms with Crippen molar-refractivity contribution in [3.63, 3.8) is 0 Å². The smallest absolute Gasteiger partial charge is 0.239 e. The first-order valence-electron chi connectivity index (χ1n) is 12.3. The summed E-state index contributed by atoms with van der Waals surface area (Å²) in [5.41, 5.74) is 2.56. The molecule has 1 fully saturated rings. The summed E-state index contributed by atoms with van der Waals surface area (Å²) in [5.74, 6) is -1.66. The van der Waals surface area contributed by atoms with Crippen LogP contribution >= 0.6 is 11.3 Å². The molecule has 1 atom stereocenters. The second-order valence-corrected chi connectivity index (χ2v) is 11.7. The Hall–Kier alpha value is -2.55. The SMILES string of the molecule is Cc1nc(C)c(C(=O)C2=C([O-])C(=O)N(CCC[NH+]3CCOCC3)C2c2ccc(C(C)(C)C)cc2)s1. The fourth-order valence-electron chi connectivity index (χ4n) is 4.89. The van der Waals surface area contributed by atoms with Crippen LogP contribution in [0.4, 0.5) is 0 Å². The molecule has 2 aliphatic rings. The maximum atomic E-state index is 13.6. The molecule has 1 amide bonds. The van der Waals surface area contributed by atoms with E-state index >= 15 is 0 Å². The van der Waals surface area contributed by atoms with E-state index in [2.05, 4.69) is 25.8 Å². The molecule has 3 heterocycles. The molecule has 2 aliphatic heterocycles. The van der Waals surface area contributed by atoms with Crippen molar-refractivity contribution in [1.82, 2.24) is 9.88 Å². The minimum Gasteiger partial charge on any atom is -0.868 e. The number of ether oxygens (including phenoxy) is 1. The minimum absolute atomic E-state index is 0.0277. The number of thiazole rings is 1. The predicted molar refractivity (Wildman–Crippen MR) is 134 cm³/mol. The highest BCUT2D eigenvalue weighted by Gasteiger charge is 2.40. The number of hydrogen-bond acceptors (Lipinski definition) is 6. The number of carbonyl (C=O) groups excluding carboxylic acids is 2. The summed E-state index contributed by atoms with van der Waals surface area (Å²) in [7, 11) is 0. The number of morpholine rings is 1. The average molecular weight is 498 g/mol. The normalized spacial score (nSPS) is 19.6. The summed E-state index contributed by atoms with van der Waals surface area (Å²) in [6.45, 7) is 14.7. The standard InChI is InChI=1S/C27H35N3O4S/c1-17-25(35-18(2)28-17)23(31)21-22(19-7-9-20(10-8-19)27(3,4)5)30(26(33)24(21)32)12-6-11-29-13-15-34-16-14-29/h7-10,22,32H,6,11-16H2,1-5H3. The van der Waals surface area contributed by atoms with Crippen molar-refractivity contribution in [3.05, 3.63) is 62.3 Å². The Morgan fingerprint density at radius 2 is 1.86 bits per heavy atom. The third kappa shape index (κ3) is 5.34. The Morgan fingerprint density at radius 1 is 1.20 bits per heavy atom. The molecule has 4 rings (SSSR count). The molecule has 1 aromatic heterocycles. The lowest BCUT2D eigenvalue weighted by atomic mass is 9.85. The highest BCUT2D eigenvalue weighted by Crippen LogP contribution is 2.40. The second-order valence-electron chi connectivity index (χ2n) is 10.5. The highest BCUT2D eigenvalue weighted by atomic mass is 32.1. The number of Topliss-reactive ketones (excluding diaryl/α,β-unsaturated/α-hetero) is 1. The summed E-state index contributed by atoms with van der Waals surface area (Å²) >= 11 is 1.27. The molecule has 2 aromatic rings. The van der Waals surface area contributed by atoms with Gasteiger partial charge in [0.05, 0.1) is 41.4 Å². The van der Waals surface area contributed by atoms with Gasteiger partial charge in [-0.1, -0.05) is 45.0 Å². The van der Waals surface area contributed by atoms with E-state index < -0.39 is 17.7 Å². The van der Waals surface area contributed by atoms with Crippen LogP contribution in [-0.2, 0) is 14.9 Å². The van der Waals surface area contributed by atoms with E-state index in [4.69, 9.17) is 4.74 Å². The lowest BCUT2D eigenvalue weighted by Gasteiger charge is -2.29. The number of amides is 1. The van der Waals surface area contributed by atoms with Gasteiger partial charge in [-0.05, 0) is 36.1 Å². The summed E-state index contributed by atoms with van der Waals surface area (Å²) in [4.78, 5) is 34.7. The lowest BCUT2D eigenvalue weighted by molar-refractivity contribution is -0.908. The fraction of sp³-hybridized carbons (Fsp3) is 0.519. The van der Waals surface area contributed by atoms with E-state index in [1.807, 2.05) is 31.2 Å². The van der Waals surface area contributed by atoms with Crippen LogP contribution in [0.2, 0.25) is 0 Å². The molecule has 0 bridgehead atoms. The molecule has 0 spiro atoms. The molecule has 0 radical (unpaired) electrons. The number of carbonyl (C=O) groups is 2. The van der Waals surface area contributed by atoms with Crippen LogP contribution in [0.5, 0.6) is 0 Å². The second kappa shape index (κ2) is 10.2. The Bertz CT molecular complexity index is 1120. The zero-order valence-electron chi connectivity index (χ0n) is 21.3. The average Bonchev–Trinajstić information content (AvgIpc) is 3.29. The number of rotatable bonds is 7. The monoisotopic (exact) mass is 497 g/mol. The van der Waals surface area contributed by atoms with Crippen LogP contribution in [0, 0.1) is 13.8 Å². The first-order chi connectivity index (χ1) is 16.6.